The van der Waals surface area contributed by atoms with Gasteiger partial charge in [0, 0.05) is 33.8 Å². The van der Waals surface area contributed by atoms with Crippen molar-refractivity contribution in [2.75, 3.05) is 12.9 Å². The van der Waals surface area contributed by atoms with Crippen molar-refractivity contribution in [1.82, 2.24) is 19.9 Å². The Balaban J connectivity index is 1.57. The number of hydrogen-bond donors (Lipinski definition) is 3. The summed E-state index contributed by atoms with van der Waals surface area (Å²) in [6.07, 6.45) is 3.67. The summed E-state index contributed by atoms with van der Waals surface area (Å²) in [5.41, 5.74) is 1.76. The summed E-state index contributed by atoms with van der Waals surface area (Å²) in [6, 6.07) is 14.5. The molecule has 1 saturated carbocycles. The largest absolute Gasteiger partial charge is 0.479 e. The Morgan fingerprint density at radius 3 is 2.53 bits per heavy atom. The summed E-state index contributed by atoms with van der Waals surface area (Å²) in [7, 11) is -3.61. The number of ether oxygens (including phenoxy) is 1. The molecule has 0 unspecified atom stereocenters. The van der Waals surface area contributed by atoms with Gasteiger partial charge in [0.05, 0.1) is 30.5 Å². The van der Waals surface area contributed by atoms with Gasteiger partial charge in [-0.3, -0.25) is 9.59 Å². The van der Waals surface area contributed by atoms with Gasteiger partial charge < -0.3 is 20.1 Å². The lowest BCUT2D eigenvalue weighted by Gasteiger charge is -2.49. The fourth-order valence-corrected chi connectivity index (χ4v) is 7.53. The molecule has 1 aliphatic carbocycles. The highest BCUT2D eigenvalue weighted by molar-refractivity contribution is 7.88. The number of amides is 2. The topological polar surface area (TPSA) is 155 Å². The van der Waals surface area contributed by atoms with Gasteiger partial charge in [0.1, 0.15) is 0 Å². The number of fused-ring (bicyclic) bond motifs is 1. The minimum atomic E-state index is -3.61. The molecule has 0 bridgehead atoms. The lowest BCUT2D eigenvalue weighted by molar-refractivity contribution is -0.139. The van der Waals surface area contributed by atoms with E-state index in [2.05, 4.69) is 15.0 Å². The van der Waals surface area contributed by atoms with Crippen molar-refractivity contribution < 1.29 is 32.6 Å². The fourth-order valence-electron chi connectivity index (χ4n) is 6.19. The normalized spacial score (nSPS) is 21.6. The molecule has 4 atom stereocenters. The molecule has 0 spiro atoms. The van der Waals surface area contributed by atoms with Crippen molar-refractivity contribution >= 4 is 51.0 Å². The first kappa shape index (κ1) is 32.7. The molecule has 14 heteroatoms. The summed E-state index contributed by atoms with van der Waals surface area (Å²) in [6.45, 7) is -0.579. The van der Waals surface area contributed by atoms with Gasteiger partial charge in [-0.2, -0.15) is 0 Å². The van der Waals surface area contributed by atoms with E-state index in [-0.39, 0.29) is 23.4 Å². The third kappa shape index (κ3) is 7.58. The number of halogens is 2. The molecule has 11 nitrogen and oxygen atoms in total. The summed E-state index contributed by atoms with van der Waals surface area (Å²) in [5, 5.41) is 12.5. The second-order valence-electron chi connectivity index (χ2n) is 11.1. The van der Waals surface area contributed by atoms with Crippen LogP contribution in [0.15, 0.2) is 60.7 Å². The van der Waals surface area contributed by atoms with Gasteiger partial charge in [-0.15, -0.1) is 0 Å². The second kappa shape index (κ2) is 13.7. The van der Waals surface area contributed by atoms with Crippen LogP contribution in [0.2, 0.25) is 10.0 Å². The lowest BCUT2D eigenvalue weighted by atomic mass is 9.76. The van der Waals surface area contributed by atoms with Gasteiger partial charge in [0.25, 0.3) is 5.91 Å². The molecule has 2 heterocycles. The molecule has 2 aromatic carbocycles. The summed E-state index contributed by atoms with van der Waals surface area (Å²) >= 11 is 13.0. The number of hydrogen-bond acceptors (Lipinski definition) is 7. The Morgan fingerprint density at radius 1 is 1.04 bits per heavy atom. The smallest absolute Gasteiger partial charge is 0.341 e. The second-order valence-corrected chi connectivity index (χ2v) is 13.7. The Bertz CT molecular complexity index is 1720. The Labute approximate surface area is 270 Å². The molecule has 1 fully saturated rings. The van der Waals surface area contributed by atoms with Crippen LogP contribution in [-0.4, -0.2) is 66.1 Å². The average molecular weight is 676 g/mol. The van der Waals surface area contributed by atoms with E-state index in [0.29, 0.717) is 40.2 Å². The average Bonchev–Trinajstić information content (AvgIpc) is 2.99. The van der Waals surface area contributed by atoms with Crippen molar-refractivity contribution in [3.63, 3.8) is 0 Å². The quantitative estimate of drug-likeness (QED) is 0.287. The van der Waals surface area contributed by atoms with Crippen LogP contribution in [0.4, 0.5) is 0 Å². The number of carboxylic acid groups (broad SMARTS) is 1. The monoisotopic (exact) mass is 674 g/mol. The first-order valence-electron chi connectivity index (χ1n) is 14.3. The van der Waals surface area contributed by atoms with E-state index in [1.165, 1.54) is 6.07 Å². The van der Waals surface area contributed by atoms with E-state index in [4.69, 9.17) is 33.0 Å². The molecule has 5 rings (SSSR count). The number of carboxylic acids is 1. The number of sulfonamides is 1. The molecule has 238 valence electrons. The van der Waals surface area contributed by atoms with E-state index in [9.17, 15) is 22.8 Å². The zero-order valence-corrected chi connectivity index (χ0v) is 26.6. The van der Waals surface area contributed by atoms with E-state index < -0.39 is 52.6 Å². The van der Waals surface area contributed by atoms with Crippen LogP contribution in [0.3, 0.4) is 0 Å². The lowest BCUT2D eigenvalue weighted by Crippen LogP contribution is -2.59. The highest BCUT2D eigenvalue weighted by atomic mass is 35.5. The Kier molecular flexibility index (Phi) is 9.97. The van der Waals surface area contributed by atoms with Crippen molar-refractivity contribution in [3.8, 4) is 5.88 Å². The van der Waals surface area contributed by atoms with E-state index in [1.54, 1.807) is 59.5 Å². The standard InChI is InChI=1S/C31H32Cl2N4O7S/c1-45(42,43)36-24-10-4-5-11-25(24)37-29(22-14-13-18(32)15-23(22)33)28(20-8-2-3-9-21(20)31(37)41)30(40)34-16-19-7-6-12-26(35-19)44-17-27(38)39/h2-3,6-9,12-15,24-25,28-29,36H,4-5,10-11,16-17H2,1H3,(H,34,40)(H,38,39)/t24-,25-,28+,29-/m0/s1. The number of carbonyl (C=O) groups excluding carboxylic acids is 2. The molecule has 1 aromatic heterocycles. The zero-order valence-electron chi connectivity index (χ0n) is 24.3. The maximum Gasteiger partial charge on any atom is 0.341 e. The number of rotatable bonds is 10. The van der Waals surface area contributed by atoms with Crippen molar-refractivity contribution in [3.05, 3.63) is 93.1 Å². The number of carbonyl (C=O) groups is 3. The maximum absolute atomic E-state index is 14.4. The summed E-state index contributed by atoms with van der Waals surface area (Å²) < 4.78 is 32.7. The van der Waals surface area contributed by atoms with Crippen LogP contribution in [0, 0.1) is 0 Å². The molecule has 2 amide bonds. The molecule has 0 saturated heterocycles. The number of nitrogens with zero attached hydrogens (tertiary/aromatic N) is 2. The number of pyridine rings is 1. The Morgan fingerprint density at radius 2 is 1.80 bits per heavy atom. The van der Waals surface area contributed by atoms with Crippen LogP contribution in [0.5, 0.6) is 5.88 Å². The van der Waals surface area contributed by atoms with E-state index in [0.717, 1.165) is 19.1 Å². The first-order chi connectivity index (χ1) is 21.4. The molecule has 3 aromatic rings. The molecular weight excluding hydrogens is 643 g/mol. The van der Waals surface area contributed by atoms with Gasteiger partial charge in [0.15, 0.2) is 6.61 Å². The van der Waals surface area contributed by atoms with Crippen LogP contribution in [0.25, 0.3) is 0 Å². The molecule has 45 heavy (non-hydrogen) atoms. The number of aliphatic carboxylic acids is 1. The van der Waals surface area contributed by atoms with Gasteiger partial charge in [-0.1, -0.05) is 66.4 Å². The third-order valence-electron chi connectivity index (χ3n) is 7.96. The summed E-state index contributed by atoms with van der Waals surface area (Å²) in [4.78, 5) is 45.5. The van der Waals surface area contributed by atoms with Crippen molar-refractivity contribution in [2.45, 2.75) is 56.3 Å². The third-order valence-corrected chi connectivity index (χ3v) is 9.25. The number of aromatic nitrogens is 1. The summed E-state index contributed by atoms with van der Waals surface area (Å²) in [5.74, 6) is -2.74. The molecular formula is C31H32Cl2N4O7S. The van der Waals surface area contributed by atoms with Gasteiger partial charge in [0.2, 0.25) is 21.8 Å². The number of benzene rings is 2. The van der Waals surface area contributed by atoms with E-state index >= 15 is 0 Å². The van der Waals surface area contributed by atoms with Crippen LogP contribution in [-0.2, 0) is 26.2 Å². The number of nitrogens with one attached hydrogen (secondary N) is 2. The SMILES string of the molecule is CS(=O)(=O)N[C@H]1CCCC[C@@H]1N1C(=O)c2ccccc2[C@@H](C(=O)NCc2cccc(OCC(=O)O)n2)[C@@H]1c1ccc(Cl)cc1Cl. The van der Waals surface area contributed by atoms with Gasteiger partial charge in [-0.25, -0.2) is 22.9 Å². The molecule has 3 N–H and O–H groups in total. The zero-order chi connectivity index (χ0) is 32.3. The van der Waals surface area contributed by atoms with Crippen molar-refractivity contribution in [2.24, 2.45) is 0 Å². The van der Waals surface area contributed by atoms with Crippen molar-refractivity contribution in [1.29, 1.82) is 0 Å². The van der Waals surface area contributed by atoms with E-state index in [1.807, 2.05) is 0 Å². The molecule has 2 aliphatic rings. The van der Waals surface area contributed by atoms with Crippen LogP contribution < -0.4 is 14.8 Å². The highest BCUT2D eigenvalue weighted by Gasteiger charge is 2.49. The predicted octanol–water partition coefficient (Wildman–Crippen LogP) is 4.31. The maximum atomic E-state index is 14.4. The fraction of sp³-hybridized carbons (Fsp3) is 0.355. The minimum Gasteiger partial charge on any atom is -0.479 e. The minimum absolute atomic E-state index is 0.0154. The van der Waals surface area contributed by atoms with Crippen LogP contribution >= 0.6 is 23.2 Å². The van der Waals surface area contributed by atoms with Gasteiger partial charge in [-0.05, 0) is 48.2 Å². The molecule has 0 radical (unpaired) electrons. The highest BCUT2D eigenvalue weighted by Crippen LogP contribution is 2.47. The Hall–Kier alpha value is -3.71. The first-order valence-corrected chi connectivity index (χ1v) is 17.0. The molecule has 1 aliphatic heterocycles. The van der Waals surface area contributed by atoms with Gasteiger partial charge >= 0.3 is 5.97 Å². The predicted molar refractivity (Wildman–Crippen MR) is 168 cm³/mol. The van der Waals surface area contributed by atoms with Crippen LogP contribution in [0.1, 0.15) is 64.8 Å².